The number of nitrogens with zero attached hydrogens (tertiary/aromatic N) is 1. The summed E-state index contributed by atoms with van der Waals surface area (Å²) >= 11 is 0. The van der Waals surface area contributed by atoms with Crippen LogP contribution in [-0.2, 0) is 16.1 Å². The van der Waals surface area contributed by atoms with Crippen molar-refractivity contribution in [2.75, 3.05) is 25.0 Å². The molecule has 0 saturated carbocycles. The SMILES string of the molecule is O=C(Nc1ccc(C2OC(CN3CCCCCCC3)CC(c3ccc(CO)cc3)O2)cc1)c1c(F)c(F)c(F)c(F)c1F. The maximum atomic E-state index is 14.1. The van der Waals surface area contributed by atoms with E-state index in [1.165, 1.54) is 31.4 Å². The molecule has 43 heavy (non-hydrogen) atoms. The minimum Gasteiger partial charge on any atom is -0.392 e. The van der Waals surface area contributed by atoms with Crippen molar-refractivity contribution in [1.29, 1.82) is 0 Å². The zero-order chi connectivity index (χ0) is 30.5. The number of nitrogens with one attached hydrogen (secondary N) is 1. The van der Waals surface area contributed by atoms with Crippen molar-refractivity contribution >= 4 is 11.6 Å². The molecule has 2 fully saturated rings. The van der Waals surface area contributed by atoms with Gasteiger partial charge in [-0.05, 0) is 49.2 Å². The van der Waals surface area contributed by atoms with E-state index in [1.54, 1.807) is 12.1 Å². The Hall–Kier alpha value is -3.38. The first-order valence-electron chi connectivity index (χ1n) is 14.4. The lowest BCUT2D eigenvalue weighted by molar-refractivity contribution is -0.253. The Bertz CT molecular complexity index is 1380. The van der Waals surface area contributed by atoms with Crippen LogP contribution in [0, 0.1) is 29.1 Å². The van der Waals surface area contributed by atoms with Crippen molar-refractivity contribution < 1.29 is 41.3 Å². The quantitative estimate of drug-likeness (QED) is 0.174. The summed E-state index contributed by atoms with van der Waals surface area (Å²) in [6, 6.07) is 13.6. The number of likely N-dealkylation sites (tertiary alicyclic amines) is 1. The fraction of sp³-hybridized carbons (Fsp3) is 0.406. The molecule has 0 bridgehead atoms. The minimum atomic E-state index is -2.34. The van der Waals surface area contributed by atoms with Crippen molar-refractivity contribution in [3.8, 4) is 0 Å². The van der Waals surface area contributed by atoms with Gasteiger partial charge in [0.15, 0.2) is 29.6 Å². The highest BCUT2D eigenvalue weighted by Crippen LogP contribution is 2.38. The molecule has 2 aliphatic rings. The first kappa shape index (κ1) is 31.1. The second-order valence-electron chi connectivity index (χ2n) is 10.9. The molecular weight excluding hydrogens is 571 g/mol. The monoisotopic (exact) mass is 604 g/mol. The van der Waals surface area contributed by atoms with Crippen LogP contribution in [-0.4, -0.2) is 41.7 Å². The van der Waals surface area contributed by atoms with E-state index in [1.807, 2.05) is 24.3 Å². The summed E-state index contributed by atoms with van der Waals surface area (Å²) in [6.07, 6.45) is 5.37. The van der Waals surface area contributed by atoms with Gasteiger partial charge in [-0.1, -0.05) is 55.7 Å². The number of benzene rings is 3. The van der Waals surface area contributed by atoms with Crippen LogP contribution < -0.4 is 5.32 Å². The molecule has 3 atom stereocenters. The summed E-state index contributed by atoms with van der Waals surface area (Å²) in [4.78, 5) is 14.9. The first-order valence-corrected chi connectivity index (χ1v) is 14.4. The molecule has 0 radical (unpaired) electrons. The largest absolute Gasteiger partial charge is 0.392 e. The van der Waals surface area contributed by atoms with E-state index in [4.69, 9.17) is 9.47 Å². The number of aliphatic hydroxyl groups excluding tert-OH is 1. The molecule has 11 heteroatoms. The molecule has 5 rings (SSSR count). The average molecular weight is 605 g/mol. The summed E-state index contributed by atoms with van der Waals surface area (Å²) in [5, 5.41) is 11.6. The van der Waals surface area contributed by atoms with Crippen molar-refractivity contribution in [2.24, 2.45) is 0 Å². The maximum absolute atomic E-state index is 14.1. The van der Waals surface area contributed by atoms with Crippen LogP contribution in [0.2, 0.25) is 0 Å². The van der Waals surface area contributed by atoms with E-state index in [-0.39, 0.29) is 24.5 Å². The third-order valence-electron chi connectivity index (χ3n) is 7.90. The second-order valence-corrected chi connectivity index (χ2v) is 10.9. The summed E-state index contributed by atoms with van der Waals surface area (Å²) in [6.45, 7) is 2.67. The minimum absolute atomic E-state index is 0.0671. The molecule has 230 valence electrons. The van der Waals surface area contributed by atoms with Crippen LogP contribution in [0.15, 0.2) is 48.5 Å². The molecule has 2 N–H and O–H groups in total. The number of rotatable bonds is 7. The summed E-state index contributed by atoms with van der Waals surface area (Å²) in [5.74, 6) is -12.6. The normalized spacial score (nSPS) is 21.7. The number of hydrogen-bond donors (Lipinski definition) is 2. The second kappa shape index (κ2) is 13.9. The molecular formula is C32H33F5N2O4. The van der Waals surface area contributed by atoms with E-state index in [9.17, 15) is 31.9 Å². The van der Waals surface area contributed by atoms with E-state index in [0.29, 0.717) is 12.0 Å². The van der Waals surface area contributed by atoms with Gasteiger partial charge in [0.25, 0.3) is 5.91 Å². The topological polar surface area (TPSA) is 71.0 Å². The van der Waals surface area contributed by atoms with Crippen molar-refractivity contribution in [2.45, 2.75) is 63.6 Å². The molecule has 3 aromatic carbocycles. The zero-order valence-corrected chi connectivity index (χ0v) is 23.4. The van der Waals surface area contributed by atoms with Gasteiger partial charge in [0.1, 0.15) is 5.56 Å². The highest BCUT2D eigenvalue weighted by molar-refractivity contribution is 6.04. The van der Waals surface area contributed by atoms with E-state index in [0.717, 1.165) is 43.6 Å². The number of anilines is 1. The van der Waals surface area contributed by atoms with Crippen molar-refractivity contribution in [3.63, 3.8) is 0 Å². The molecule has 2 aliphatic heterocycles. The van der Waals surface area contributed by atoms with Crippen LogP contribution in [0.25, 0.3) is 0 Å². The van der Waals surface area contributed by atoms with Gasteiger partial charge in [-0.15, -0.1) is 0 Å². The van der Waals surface area contributed by atoms with Gasteiger partial charge in [0.2, 0.25) is 5.82 Å². The van der Waals surface area contributed by atoms with Crippen LogP contribution in [0.5, 0.6) is 0 Å². The lowest BCUT2D eigenvalue weighted by Gasteiger charge is -2.38. The lowest BCUT2D eigenvalue weighted by Crippen LogP contribution is -2.40. The predicted molar refractivity (Wildman–Crippen MR) is 149 cm³/mol. The Labute approximate surface area is 246 Å². The van der Waals surface area contributed by atoms with Gasteiger partial charge in [-0.25, -0.2) is 22.0 Å². The average Bonchev–Trinajstić information content (AvgIpc) is 3.00. The van der Waals surface area contributed by atoms with Crippen LogP contribution in [0.3, 0.4) is 0 Å². The van der Waals surface area contributed by atoms with Gasteiger partial charge >= 0.3 is 0 Å². The lowest BCUT2D eigenvalue weighted by atomic mass is 9.99. The summed E-state index contributed by atoms with van der Waals surface area (Å²) < 4.78 is 81.5. The zero-order valence-electron chi connectivity index (χ0n) is 23.4. The molecule has 0 aromatic heterocycles. The van der Waals surface area contributed by atoms with Crippen LogP contribution in [0.4, 0.5) is 27.6 Å². The number of ether oxygens (including phenoxy) is 2. The first-order chi connectivity index (χ1) is 20.7. The number of carbonyl (C=O) groups excluding carboxylic acids is 1. The third kappa shape index (κ3) is 7.23. The van der Waals surface area contributed by atoms with E-state index in [2.05, 4.69) is 10.2 Å². The molecule has 0 spiro atoms. The molecule has 2 saturated heterocycles. The predicted octanol–water partition coefficient (Wildman–Crippen LogP) is 6.94. The van der Waals surface area contributed by atoms with E-state index < -0.39 is 46.8 Å². The van der Waals surface area contributed by atoms with Crippen molar-refractivity contribution in [3.05, 3.63) is 99.9 Å². The third-order valence-corrected chi connectivity index (χ3v) is 7.90. The Morgan fingerprint density at radius 2 is 1.33 bits per heavy atom. The highest BCUT2D eigenvalue weighted by Gasteiger charge is 2.34. The van der Waals surface area contributed by atoms with E-state index >= 15 is 0 Å². The van der Waals surface area contributed by atoms with Crippen molar-refractivity contribution in [1.82, 2.24) is 4.90 Å². The number of carbonyl (C=O) groups is 1. The number of hydrogen-bond acceptors (Lipinski definition) is 5. The number of halogens is 5. The molecule has 0 aliphatic carbocycles. The summed E-state index contributed by atoms with van der Waals surface area (Å²) in [5.41, 5.74) is 0.842. The van der Waals surface area contributed by atoms with Gasteiger partial charge < -0.3 is 24.8 Å². The number of aliphatic hydroxyl groups is 1. The van der Waals surface area contributed by atoms with Gasteiger partial charge in [-0.2, -0.15) is 0 Å². The molecule has 6 nitrogen and oxygen atoms in total. The molecule has 2 heterocycles. The van der Waals surface area contributed by atoms with Gasteiger partial charge in [0, 0.05) is 24.2 Å². The van der Waals surface area contributed by atoms with Gasteiger partial charge in [0.05, 0.1) is 18.8 Å². The fourth-order valence-electron chi connectivity index (χ4n) is 5.54. The Morgan fingerprint density at radius 3 is 1.93 bits per heavy atom. The number of amides is 1. The van der Waals surface area contributed by atoms with Gasteiger partial charge in [-0.3, -0.25) is 4.79 Å². The highest BCUT2D eigenvalue weighted by atomic mass is 19.2. The Kier molecular flexibility index (Phi) is 10.1. The smallest absolute Gasteiger partial charge is 0.261 e. The molecule has 3 unspecified atom stereocenters. The van der Waals surface area contributed by atoms with Crippen LogP contribution >= 0.6 is 0 Å². The standard InChI is InChI=1S/C32H33F5N2O4/c33-26-25(27(34)29(36)30(37)28(26)35)31(41)38-22-12-10-21(11-13-22)32-42-23(17-39-14-4-2-1-3-5-15-39)16-24(43-32)20-8-6-19(18-40)7-9-20/h6-13,23-24,32,40H,1-5,14-18H2,(H,38,41). The summed E-state index contributed by atoms with van der Waals surface area (Å²) in [7, 11) is 0. The Morgan fingerprint density at radius 1 is 0.767 bits per heavy atom. The molecule has 1 amide bonds. The maximum Gasteiger partial charge on any atom is 0.261 e. The fourth-order valence-corrected chi connectivity index (χ4v) is 5.54. The van der Waals surface area contributed by atoms with Crippen LogP contribution in [0.1, 0.15) is 78.0 Å². The Balaban J connectivity index is 1.33. The molecule has 3 aromatic rings.